The van der Waals surface area contributed by atoms with Crippen LogP contribution < -0.4 is 0 Å². The lowest BCUT2D eigenvalue weighted by molar-refractivity contribution is -0.384. The zero-order chi connectivity index (χ0) is 12.3. The molecule has 0 saturated carbocycles. The predicted molar refractivity (Wildman–Crippen MR) is 54.3 cm³/mol. The molecule has 0 saturated heterocycles. The van der Waals surface area contributed by atoms with Crippen molar-refractivity contribution in [2.45, 2.75) is 5.38 Å². The highest BCUT2D eigenvalue weighted by molar-refractivity contribution is 6.47. The standard InChI is InChI=1S/C9H6ClNO5/c10-7(8(12)9(13)14)5-2-1-3-6(4-5)11(15)16/h1-4,7H,(H,13,14). The molecule has 16 heavy (non-hydrogen) atoms. The van der Waals surface area contributed by atoms with Gasteiger partial charge in [-0.25, -0.2) is 4.79 Å². The Labute approximate surface area is 94.6 Å². The van der Waals surface area contributed by atoms with Crippen molar-refractivity contribution in [1.82, 2.24) is 0 Å². The maximum atomic E-state index is 11.0. The molecule has 0 bridgehead atoms. The molecule has 0 aliphatic rings. The monoisotopic (exact) mass is 243 g/mol. The number of halogens is 1. The predicted octanol–water partition coefficient (Wildman–Crippen LogP) is 1.53. The number of aliphatic carboxylic acids is 1. The van der Waals surface area contributed by atoms with Crippen LogP contribution in [0.5, 0.6) is 0 Å². The van der Waals surface area contributed by atoms with E-state index in [1.807, 2.05) is 0 Å². The van der Waals surface area contributed by atoms with Crippen molar-refractivity contribution in [1.29, 1.82) is 0 Å². The number of nitrogens with zero attached hydrogens (tertiary/aromatic N) is 1. The number of Topliss-reactive ketones (excluding diaryl/α,β-unsaturated/α-hetero) is 1. The summed E-state index contributed by atoms with van der Waals surface area (Å²) >= 11 is 5.58. The molecule has 1 rings (SSSR count). The lowest BCUT2D eigenvalue weighted by Gasteiger charge is -2.04. The Balaban J connectivity index is 3.05. The van der Waals surface area contributed by atoms with E-state index in [1.54, 1.807) is 0 Å². The minimum atomic E-state index is -1.67. The lowest BCUT2D eigenvalue weighted by Crippen LogP contribution is -2.17. The number of non-ortho nitro benzene ring substituents is 1. The van der Waals surface area contributed by atoms with Crippen molar-refractivity contribution >= 4 is 29.0 Å². The van der Waals surface area contributed by atoms with Gasteiger partial charge < -0.3 is 5.11 Å². The minimum absolute atomic E-state index is 0.0864. The van der Waals surface area contributed by atoms with Crippen LogP contribution in [0.1, 0.15) is 10.9 Å². The van der Waals surface area contributed by atoms with E-state index in [-0.39, 0.29) is 11.3 Å². The van der Waals surface area contributed by atoms with Gasteiger partial charge in [-0.3, -0.25) is 14.9 Å². The summed E-state index contributed by atoms with van der Waals surface area (Å²) in [6.45, 7) is 0. The number of carboxylic acid groups (broad SMARTS) is 1. The van der Waals surface area contributed by atoms with Gasteiger partial charge in [0.15, 0.2) is 0 Å². The van der Waals surface area contributed by atoms with Gasteiger partial charge in [-0.15, -0.1) is 11.6 Å². The van der Waals surface area contributed by atoms with Crippen LogP contribution in [0.3, 0.4) is 0 Å². The number of carbonyl (C=O) groups excluding carboxylic acids is 1. The highest BCUT2D eigenvalue weighted by atomic mass is 35.5. The fourth-order valence-corrected chi connectivity index (χ4v) is 1.28. The molecule has 0 spiro atoms. The van der Waals surface area contributed by atoms with Crippen molar-refractivity contribution in [3.63, 3.8) is 0 Å². The molecule has 1 atom stereocenters. The Morgan fingerprint density at radius 3 is 2.56 bits per heavy atom. The number of nitro benzene ring substituents is 1. The Hall–Kier alpha value is -1.95. The summed E-state index contributed by atoms with van der Waals surface area (Å²) in [7, 11) is 0. The highest BCUT2D eigenvalue weighted by Gasteiger charge is 2.25. The molecular formula is C9H6ClNO5. The number of rotatable bonds is 4. The summed E-state index contributed by atoms with van der Waals surface area (Å²) in [4.78, 5) is 31.2. The SMILES string of the molecule is O=C(O)C(=O)C(Cl)c1cccc([N+](=O)[O-])c1. The molecular weight excluding hydrogens is 238 g/mol. The third-order valence-corrected chi connectivity index (χ3v) is 2.26. The van der Waals surface area contributed by atoms with E-state index in [0.29, 0.717) is 0 Å². The van der Waals surface area contributed by atoms with Gasteiger partial charge in [-0.1, -0.05) is 12.1 Å². The van der Waals surface area contributed by atoms with Crippen LogP contribution >= 0.6 is 11.6 Å². The third-order valence-electron chi connectivity index (χ3n) is 1.81. The third kappa shape index (κ3) is 2.54. The van der Waals surface area contributed by atoms with Gasteiger partial charge in [-0.05, 0) is 5.56 Å². The molecule has 0 aliphatic carbocycles. The smallest absolute Gasteiger partial charge is 0.374 e. The Bertz CT molecular complexity index is 459. The van der Waals surface area contributed by atoms with Crippen LogP contribution in [0, 0.1) is 10.1 Å². The van der Waals surface area contributed by atoms with Crippen molar-refractivity contribution in [2.24, 2.45) is 0 Å². The number of carboxylic acids is 1. The fourth-order valence-electron chi connectivity index (χ4n) is 1.06. The molecule has 0 aromatic heterocycles. The van der Waals surface area contributed by atoms with E-state index in [4.69, 9.17) is 16.7 Å². The maximum absolute atomic E-state index is 11.0. The van der Waals surface area contributed by atoms with Crippen LogP contribution in [0.25, 0.3) is 0 Å². The average Bonchev–Trinajstić information content (AvgIpc) is 2.27. The molecule has 1 aromatic carbocycles. The Kier molecular flexibility index (Phi) is 3.57. The highest BCUT2D eigenvalue weighted by Crippen LogP contribution is 2.24. The van der Waals surface area contributed by atoms with Crippen molar-refractivity contribution < 1.29 is 19.6 Å². The topological polar surface area (TPSA) is 97.5 Å². The zero-order valence-corrected chi connectivity index (χ0v) is 8.55. The van der Waals surface area contributed by atoms with E-state index < -0.39 is 22.1 Å². The van der Waals surface area contributed by atoms with E-state index in [0.717, 1.165) is 6.07 Å². The normalized spacial score (nSPS) is 11.8. The van der Waals surface area contributed by atoms with Gasteiger partial charge in [-0.2, -0.15) is 0 Å². The van der Waals surface area contributed by atoms with Crippen molar-refractivity contribution in [3.8, 4) is 0 Å². The van der Waals surface area contributed by atoms with Crippen molar-refractivity contribution in [2.75, 3.05) is 0 Å². The van der Waals surface area contributed by atoms with Gasteiger partial charge in [0, 0.05) is 12.1 Å². The first-order valence-corrected chi connectivity index (χ1v) is 4.52. The van der Waals surface area contributed by atoms with Gasteiger partial charge in [0.1, 0.15) is 5.38 Å². The first-order chi connectivity index (χ1) is 7.43. The summed E-state index contributed by atoms with van der Waals surface area (Å²) in [5.41, 5.74) is -0.162. The molecule has 0 heterocycles. The molecule has 1 unspecified atom stereocenters. The van der Waals surface area contributed by atoms with E-state index >= 15 is 0 Å². The van der Waals surface area contributed by atoms with Crippen LogP contribution in [0.4, 0.5) is 5.69 Å². The number of carbonyl (C=O) groups is 2. The van der Waals surface area contributed by atoms with E-state index in [2.05, 4.69) is 0 Å². The number of nitro groups is 1. The molecule has 0 fully saturated rings. The lowest BCUT2D eigenvalue weighted by atomic mass is 10.1. The molecule has 7 heteroatoms. The first kappa shape index (κ1) is 12.1. The number of alkyl halides is 1. The largest absolute Gasteiger partial charge is 0.475 e. The maximum Gasteiger partial charge on any atom is 0.374 e. The summed E-state index contributed by atoms with van der Waals surface area (Å²) in [6, 6.07) is 4.97. The minimum Gasteiger partial charge on any atom is -0.475 e. The first-order valence-electron chi connectivity index (χ1n) is 4.09. The van der Waals surface area contributed by atoms with E-state index in [9.17, 15) is 19.7 Å². The van der Waals surface area contributed by atoms with Gasteiger partial charge in [0.2, 0.25) is 0 Å². The fraction of sp³-hybridized carbons (Fsp3) is 0.111. The summed E-state index contributed by atoms with van der Waals surface area (Å²) in [5, 5.41) is 17.4. The Morgan fingerprint density at radius 1 is 1.44 bits per heavy atom. The van der Waals surface area contributed by atoms with Crippen LogP contribution in [-0.4, -0.2) is 21.8 Å². The molecule has 6 nitrogen and oxygen atoms in total. The molecule has 1 N–H and O–H groups in total. The van der Waals surface area contributed by atoms with E-state index in [1.165, 1.54) is 18.2 Å². The second-order valence-electron chi connectivity index (χ2n) is 2.88. The summed E-state index contributed by atoms with van der Waals surface area (Å²) in [5.74, 6) is -2.89. The zero-order valence-electron chi connectivity index (χ0n) is 7.79. The number of hydrogen-bond acceptors (Lipinski definition) is 4. The van der Waals surface area contributed by atoms with Crippen molar-refractivity contribution in [3.05, 3.63) is 39.9 Å². The van der Waals surface area contributed by atoms with Gasteiger partial charge in [0.25, 0.3) is 11.5 Å². The van der Waals surface area contributed by atoms with Crippen LogP contribution in [-0.2, 0) is 9.59 Å². The number of benzene rings is 1. The molecule has 0 radical (unpaired) electrons. The Morgan fingerprint density at radius 2 is 2.06 bits per heavy atom. The second-order valence-corrected chi connectivity index (χ2v) is 3.32. The summed E-state index contributed by atoms with van der Waals surface area (Å²) in [6.07, 6.45) is 0. The summed E-state index contributed by atoms with van der Waals surface area (Å²) < 4.78 is 0. The average molecular weight is 244 g/mol. The number of hydrogen-bond donors (Lipinski definition) is 1. The molecule has 0 aliphatic heterocycles. The molecule has 0 amide bonds. The van der Waals surface area contributed by atoms with Gasteiger partial charge in [0.05, 0.1) is 4.92 Å². The molecule has 1 aromatic rings. The van der Waals surface area contributed by atoms with Crippen LogP contribution in [0.2, 0.25) is 0 Å². The van der Waals surface area contributed by atoms with Gasteiger partial charge >= 0.3 is 5.97 Å². The number of ketones is 1. The molecule has 84 valence electrons. The second kappa shape index (κ2) is 4.71. The van der Waals surface area contributed by atoms with Crippen LogP contribution in [0.15, 0.2) is 24.3 Å². The quantitative estimate of drug-likeness (QED) is 0.374.